The third-order valence-corrected chi connectivity index (χ3v) is 6.33. The van der Waals surface area contributed by atoms with E-state index in [2.05, 4.69) is 4.40 Å². The van der Waals surface area contributed by atoms with Gasteiger partial charge in [0.15, 0.2) is 4.21 Å². The molecule has 0 radical (unpaired) electrons. The number of nitrogens with two attached hydrogens (primary N) is 1. The lowest BCUT2D eigenvalue weighted by Crippen LogP contribution is -2.43. The standard InChI is InChI=1S/C13H12ClN3O2S2/c1-8(9-5-3-2-4-6-9)12-16-21(18,19)13-10(17(12)15)7-11(14)20-13/h2-8H,15H2,1H3/t8-/m1/s1. The Morgan fingerprint density at radius 1 is 1.33 bits per heavy atom. The molecule has 5 nitrogen and oxygen atoms in total. The Balaban J connectivity index is 2.10. The van der Waals surface area contributed by atoms with Gasteiger partial charge in [-0.3, -0.25) is 5.01 Å². The minimum absolute atomic E-state index is 0.0824. The van der Waals surface area contributed by atoms with Gasteiger partial charge < -0.3 is 0 Å². The highest BCUT2D eigenvalue weighted by Crippen LogP contribution is 2.41. The monoisotopic (exact) mass is 341 g/mol. The SMILES string of the molecule is C[C@@H](C1=NS(=O)(=O)c2sc(Cl)cc2N1N)c1ccccc1. The fourth-order valence-corrected chi connectivity index (χ4v) is 5.08. The number of anilines is 1. The van der Waals surface area contributed by atoms with Gasteiger partial charge >= 0.3 is 0 Å². The van der Waals surface area contributed by atoms with E-state index in [1.807, 2.05) is 37.3 Å². The Labute approximate surface area is 131 Å². The molecule has 3 rings (SSSR count). The molecule has 1 aromatic carbocycles. The van der Waals surface area contributed by atoms with Crippen LogP contribution in [0.5, 0.6) is 0 Å². The Kier molecular flexibility index (Phi) is 3.53. The van der Waals surface area contributed by atoms with Gasteiger partial charge in [-0.2, -0.15) is 8.42 Å². The average molecular weight is 342 g/mol. The molecule has 0 saturated heterocycles. The number of benzene rings is 1. The molecule has 0 fully saturated rings. The Morgan fingerprint density at radius 3 is 2.67 bits per heavy atom. The maximum Gasteiger partial charge on any atom is 0.295 e. The number of sulfonamides is 1. The molecule has 1 aliphatic rings. The molecule has 0 unspecified atom stereocenters. The highest BCUT2D eigenvalue weighted by Gasteiger charge is 2.34. The van der Waals surface area contributed by atoms with Gasteiger partial charge in [-0.1, -0.05) is 48.9 Å². The van der Waals surface area contributed by atoms with E-state index in [9.17, 15) is 8.42 Å². The summed E-state index contributed by atoms with van der Waals surface area (Å²) in [5.41, 5.74) is 1.31. The highest BCUT2D eigenvalue weighted by molar-refractivity contribution is 7.92. The molecule has 2 N–H and O–H groups in total. The van der Waals surface area contributed by atoms with Gasteiger partial charge in [0.05, 0.1) is 10.0 Å². The van der Waals surface area contributed by atoms with Crippen LogP contribution in [0.1, 0.15) is 18.4 Å². The molecule has 1 aromatic heterocycles. The molecule has 1 aliphatic heterocycles. The lowest BCUT2D eigenvalue weighted by Gasteiger charge is -2.28. The lowest BCUT2D eigenvalue weighted by molar-refractivity contribution is 0.598. The summed E-state index contributed by atoms with van der Waals surface area (Å²) in [4.78, 5) is 0. The Bertz CT molecular complexity index is 815. The highest BCUT2D eigenvalue weighted by atomic mass is 35.5. The van der Waals surface area contributed by atoms with E-state index in [1.54, 1.807) is 6.07 Å². The van der Waals surface area contributed by atoms with Crippen molar-refractivity contribution < 1.29 is 8.42 Å². The molecule has 2 heterocycles. The van der Waals surface area contributed by atoms with E-state index in [0.717, 1.165) is 16.9 Å². The summed E-state index contributed by atoms with van der Waals surface area (Å²) in [6.07, 6.45) is 0. The van der Waals surface area contributed by atoms with Crippen molar-refractivity contribution in [1.82, 2.24) is 0 Å². The first-order valence-electron chi connectivity index (χ1n) is 6.14. The van der Waals surface area contributed by atoms with Gasteiger partial charge in [-0.25, -0.2) is 5.84 Å². The van der Waals surface area contributed by atoms with Crippen LogP contribution in [0.15, 0.2) is 45.0 Å². The molecule has 0 aliphatic carbocycles. The van der Waals surface area contributed by atoms with Crippen molar-refractivity contribution in [1.29, 1.82) is 0 Å². The molecular formula is C13H12ClN3O2S2. The minimum atomic E-state index is -3.76. The molecule has 110 valence electrons. The first-order chi connectivity index (χ1) is 9.90. The third-order valence-electron chi connectivity index (χ3n) is 3.29. The summed E-state index contributed by atoms with van der Waals surface area (Å²) >= 11 is 6.87. The molecule has 0 spiro atoms. The second kappa shape index (κ2) is 5.10. The zero-order chi connectivity index (χ0) is 15.2. The zero-order valence-electron chi connectivity index (χ0n) is 11.0. The van der Waals surface area contributed by atoms with Crippen molar-refractivity contribution in [3.05, 3.63) is 46.3 Å². The molecular weight excluding hydrogens is 330 g/mol. The van der Waals surface area contributed by atoms with Crippen LogP contribution in [-0.2, 0) is 10.0 Å². The number of amidine groups is 1. The van der Waals surface area contributed by atoms with Crippen molar-refractivity contribution in [2.45, 2.75) is 17.1 Å². The van der Waals surface area contributed by atoms with Crippen molar-refractivity contribution in [3.8, 4) is 0 Å². The number of nitrogens with zero attached hydrogens (tertiary/aromatic N) is 2. The number of halogens is 1. The molecule has 0 saturated carbocycles. The van der Waals surface area contributed by atoms with Crippen LogP contribution < -0.4 is 10.9 Å². The smallest absolute Gasteiger partial charge is 0.262 e. The summed E-state index contributed by atoms with van der Waals surface area (Å²) in [7, 11) is -3.76. The Hall–Kier alpha value is -1.41. The summed E-state index contributed by atoms with van der Waals surface area (Å²) < 4.78 is 28.8. The van der Waals surface area contributed by atoms with E-state index < -0.39 is 10.0 Å². The number of hydrogen-bond acceptors (Lipinski definition) is 5. The second-order valence-electron chi connectivity index (χ2n) is 4.65. The molecule has 0 amide bonds. The first-order valence-corrected chi connectivity index (χ1v) is 8.77. The van der Waals surface area contributed by atoms with Gasteiger partial charge in [0, 0.05) is 5.92 Å². The first kappa shape index (κ1) is 14.5. The summed E-state index contributed by atoms with van der Waals surface area (Å²) in [5, 5.41) is 1.30. The van der Waals surface area contributed by atoms with Crippen LogP contribution in [0.25, 0.3) is 0 Å². The molecule has 21 heavy (non-hydrogen) atoms. The number of thiophene rings is 1. The second-order valence-corrected chi connectivity index (χ2v) is 8.13. The topological polar surface area (TPSA) is 75.8 Å². The van der Waals surface area contributed by atoms with Gasteiger partial charge in [0.1, 0.15) is 5.84 Å². The molecule has 8 heteroatoms. The predicted octanol–water partition coefficient (Wildman–Crippen LogP) is 2.99. The van der Waals surface area contributed by atoms with Crippen LogP contribution in [0, 0.1) is 0 Å². The zero-order valence-corrected chi connectivity index (χ0v) is 13.4. The number of fused-ring (bicyclic) bond motifs is 1. The number of hydrazine groups is 1. The normalized spacial score (nSPS) is 18.0. The van der Waals surface area contributed by atoms with Crippen LogP contribution in [0.3, 0.4) is 0 Å². The van der Waals surface area contributed by atoms with Gasteiger partial charge in [0.25, 0.3) is 10.0 Å². The molecule has 0 bridgehead atoms. The largest absolute Gasteiger partial charge is 0.295 e. The van der Waals surface area contributed by atoms with E-state index in [0.29, 0.717) is 10.0 Å². The molecule has 1 atom stereocenters. The van der Waals surface area contributed by atoms with E-state index in [-0.39, 0.29) is 16.0 Å². The predicted molar refractivity (Wildman–Crippen MR) is 85.5 cm³/mol. The van der Waals surface area contributed by atoms with Crippen molar-refractivity contribution in [2.24, 2.45) is 10.2 Å². The number of rotatable bonds is 2. The maximum atomic E-state index is 12.3. The van der Waals surface area contributed by atoms with E-state index >= 15 is 0 Å². The van der Waals surface area contributed by atoms with E-state index in [4.69, 9.17) is 17.4 Å². The van der Waals surface area contributed by atoms with Crippen molar-refractivity contribution in [2.75, 3.05) is 5.01 Å². The van der Waals surface area contributed by atoms with Crippen LogP contribution in [0.2, 0.25) is 4.34 Å². The quantitative estimate of drug-likeness (QED) is 0.852. The van der Waals surface area contributed by atoms with Crippen LogP contribution in [-0.4, -0.2) is 14.3 Å². The summed E-state index contributed by atoms with van der Waals surface area (Å²) in [6, 6.07) is 11.0. The lowest BCUT2D eigenvalue weighted by atomic mass is 10.00. The summed E-state index contributed by atoms with van der Waals surface area (Å²) in [6.45, 7) is 1.86. The Morgan fingerprint density at radius 2 is 2.00 bits per heavy atom. The van der Waals surface area contributed by atoms with E-state index in [1.165, 1.54) is 5.01 Å². The molecule has 2 aromatic rings. The van der Waals surface area contributed by atoms with Gasteiger partial charge in [-0.05, 0) is 11.6 Å². The van der Waals surface area contributed by atoms with Crippen molar-refractivity contribution in [3.63, 3.8) is 0 Å². The third kappa shape index (κ3) is 2.46. The van der Waals surface area contributed by atoms with Crippen LogP contribution in [0.4, 0.5) is 5.69 Å². The minimum Gasteiger partial charge on any atom is -0.262 e. The van der Waals surface area contributed by atoms with Gasteiger partial charge in [0.2, 0.25) is 0 Å². The van der Waals surface area contributed by atoms with Crippen LogP contribution >= 0.6 is 22.9 Å². The van der Waals surface area contributed by atoms with Crippen molar-refractivity contribution >= 4 is 44.5 Å². The number of hydrogen-bond donors (Lipinski definition) is 1. The maximum absolute atomic E-state index is 12.3. The summed E-state index contributed by atoms with van der Waals surface area (Å²) in [5.74, 6) is 6.08. The fraction of sp³-hybridized carbons (Fsp3) is 0.154. The fourth-order valence-electron chi connectivity index (χ4n) is 2.20. The average Bonchev–Trinajstić information content (AvgIpc) is 2.87. The van der Waals surface area contributed by atoms with Gasteiger partial charge in [-0.15, -0.1) is 15.7 Å².